The van der Waals surface area contributed by atoms with Crippen molar-refractivity contribution in [3.63, 3.8) is 0 Å². The molecule has 0 bridgehead atoms. The van der Waals surface area contributed by atoms with Crippen LogP contribution in [0.2, 0.25) is 0 Å². The summed E-state index contributed by atoms with van der Waals surface area (Å²) in [6.45, 7) is 0.676. The molecular weight excluding hydrogens is 314 g/mol. The standard InChI is InChI=1S/C21H25NO3/c1-25-20-12-6-5-10-18(20)11-7-15-22-19(13-14-21(23)24)16-17-8-3-2-4-9-17/h2-12,19,22H,13-16H2,1H3,(H,23,24)/b11-7+. The van der Waals surface area contributed by atoms with E-state index in [-0.39, 0.29) is 12.5 Å². The molecule has 0 saturated heterocycles. The van der Waals surface area contributed by atoms with Crippen molar-refractivity contribution in [3.05, 3.63) is 71.8 Å². The van der Waals surface area contributed by atoms with E-state index in [1.54, 1.807) is 7.11 Å². The number of para-hydroxylation sites is 1. The molecule has 0 spiro atoms. The average molecular weight is 339 g/mol. The fourth-order valence-electron chi connectivity index (χ4n) is 2.70. The van der Waals surface area contributed by atoms with Gasteiger partial charge in [0.1, 0.15) is 5.75 Å². The Morgan fingerprint density at radius 2 is 1.88 bits per heavy atom. The first-order chi connectivity index (χ1) is 12.2. The Hall–Kier alpha value is -2.59. The Bertz CT molecular complexity index is 683. The number of aliphatic carboxylic acids is 1. The van der Waals surface area contributed by atoms with Crippen molar-refractivity contribution in [3.8, 4) is 5.75 Å². The SMILES string of the molecule is COc1ccccc1/C=C/CNC(CCC(=O)O)Cc1ccccc1. The van der Waals surface area contributed by atoms with Gasteiger partial charge in [0, 0.05) is 24.6 Å². The second-order valence-electron chi connectivity index (χ2n) is 5.87. The molecule has 4 heteroatoms. The monoisotopic (exact) mass is 339 g/mol. The number of hydrogen-bond donors (Lipinski definition) is 2. The van der Waals surface area contributed by atoms with Crippen LogP contribution >= 0.6 is 0 Å². The maximum Gasteiger partial charge on any atom is 0.303 e. The van der Waals surface area contributed by atoms with E-state index < -0.39 is 5.97 Å². The Kier molecular flexibility index (Phi) is 7.73. The topological polar surface area (TPSA) is 58.6 Å². The summed E-state index contributed by atoms with van der Waals surface area (Å²) < 4.78 is 5.33. The molecular formula is C21H25NO3. The number of carbonyl (C=O) groups is 1. The summed E-state index contributed by atoms with van der Waals surface area (Å²) in [6.07, 6.45) is 5.64. The highest BCUT2D eigenvalue weighted by Crippen LogP contribution is 2.18. The lowest BCUT2D eigenvalue weighted by molar-refractivity contribution is -0.137. The zero-order valence-corrected chi connectivity index (χ0v) is 14.5. The van der Waals surface area contributed by atoms with Crippen LogP contribution in [-0.4, -0.2) is 30.8 Å². The van der Waals surface area contributed by atoms with Crippen molar-refractivity contribution >= 4 is 12.0 Å². The molecule has 0 saturated carbocycles. The van der Waals surface area contributed by atoms with Gasteiger partial charge in [0.2, 0.25) is 0 Å². The molecule has 4 nitrogen and oxygen atoms in total. The van der Waals surface area contributed by atoms with Gasteiger partial charge in [0.05, 0.1) is 7.11 Å². The minimum atomic E-state index is -0.760. The summed E-state index contributed by atoms with van der Waals surface area (Å²) in [5, 5.41) is 12.4. The third kappa shape index (κ3) is 6.81. The van der Waals surface area contributed by atoms with E-state index in [1.807, 2.05) is 54.6 Å². The summed E-state index contributed by atoms with van der Waals surface area (Å²) >= 11 is 0. The first kappa shape index (κ1) is 18.7. The third-order valence-electron chi connectivity index (χ3n) is 3.99. The molecule has 0 aliphatic heterocycles. The number of rotatable bonds is 10. The summed E-state index contributed by atoms with van der Waals surface area (Å²) in [4.78, 5) is 10.9. The van der Waals surface area contributed by atoms with Gasteiger partial charge in [-0.1, -0.05) is 60.7 Å². The normalized spacial score (nSPS) is 12.2. The van der Waals surface area contributed by atoms with Crippen LogP contribution in [0.1, 0.15) is 24.0 Å². The summed E-state index contributed by atoms with van der Waals surface area (Å²) in [5.74, 6) is 0.0786. The maximum atomic E-state index is 10.9. The number of ether oxygens (including phenoxy) is 1. The van der Waals surface area contributed by atoms with Crippen LogP contribution in [0, 0.1) is 0 Å². The lowest BCUT2D eigenvalue weighted by Crippen LogP contribution is -2.32. The van der Waals surface area contributed by atoms with Gasteiger partial charge in [-0.15, -0.1) is 0 Å². The lowest BCUT2D eigenvalue weighted by Gasteiger charge is -2.17. The van der Waals surface area contributed by atoms with Gasteiger partial charge in [-0.2, -0.15) is 0 Å². The van der Waals surface area contributed by atoms with Crippen molar-refractivity contribution < 1.29 is 14.6 Å². The molecule has 1 atom stereocenters. The maximum absolute atomic E-state index is 10.9. The van der Waals surface area contributed by atoms with E-state index in [9.17, 15) is 4.79 Å². The molecule has 2 N–H and O–H groups in total. The molecule has 0 amide bonds. The van der Waals surface area contributed by atoms with Crippen LogP contribution in [0.15, 0.2) is 60.7 Å². The van der Waals surface area contributed by atoms with E-state index in [0.717, 1.165) is 17.7 Å². The van der Waals surface area contributed by atoms with Crippen LogP contribution in [0.3, 0.4) is 0 Å². The number of hydrogen-bond acceptors (Lipinski definition) is 3. The van der Waals surface area contributed by atoms with Crippen LogP contribution in [0.25, 0.3) is 6.08 Å². The van der Waals surface area contributed by atoms with E-state index >= 15 is 0 Å². The smallest absolute Gasteiger partial charge is 0.303 e. The van der Waals surface area contributed by atoms with Gasteiger partial charge in [-0.25, -0.2) is 0 Å². The molecule has 0 radical (unpaired) electrons. The van der Waals surface area contributed by atoms with Crippen molar-refractivity contribution in [1.82, 2.24) is 5.32 Å². The van der Waals surface area contributed by atoms with E-state index in [4.69, 9.17) is 9.84 Å². The Morgan fingerprint density at radius 1 is 1.16 bits per heavy atom. The number of methoxy groups -OCH3 is 1. The van der Waals surface area contributed by atoms with Gasteiger partial charge >= 0.3 is 5.97 Å². The van der Waals surface area contributed by atoms with Gasteiger partial charge in [-0.05, 0) is 24.5 Å². The number of benzene rings is 2. The van der Waals surface area contributed by atoms with E-state index in [0.29, 0.717) is 13.0 Å². The van der Waals surface area contributed by atoms with Gasteiger partial charge in [-0.3, -0.25) is 4.79 Å². The highest BCUT2D eigenvalue weighted by atomic mass is 16.5. The second kappa shape index (κ2) is 10.3. The van der Waals surface area contributed by atoms with E-state index in [2.05, 4.69) is 17.4 Å². The molecule has 0 aliphatic carbocycles. The largest absolute Gasteiger partial charge is 0.496 e. The summed E-state index contributed by atoms with van der Waals surface area (Å²) in [5.41, 5.74) is 2.23. The van der Waals surface area contributed by atoms with E-state index in [1.165, 1.54) is 5.56 Å². The van der Waals surface area contributed by atoms with Crippen molar-refractivity contribution in [2.75, 3.05) is 13.7 Å². The molecule has 1 unspecified atom stereocenters. The molecule has 132 valence electrons. The predicted octanol–water partition coefficient (Wildman–Crippen LogP) is 3.77. The highest BCUT2D eigenvalue weighted by Gasteiger charge is 2.10. The fourth-order valence-corrected chi connectivity index (χ4v) is 2.70. The first-order valence-corrected chi connectivity index (χ1v) is 8.47. The van der Waals surface area contributed by atoms with Crippen molar-refractivity contribution in [2.24, 2.45) is 0 Å². The molecule has 2 aromatic rings. The minimum Gasteiger partial charge on any atom is -0.496 e. The number of carboxylic acids is 1. The third-order valence-corrected chi connectivity index (χ3v) is 3.99. The number of nitrogens with one attached hydrogen (secondary N) is 1. The first-order valence-electron chi connectivity index (χ1n) is 8.47. The van der Waals surface area contributed by atoms with Crippen molar-refractivity contribution in [1.29, 1.82) is 0 Å². The average Bonchev–Trinajstić information content (AvgIpc) is 2.64. The molecule has 0 aliphatic rings. The molecule has 2 rings (SSSR count). The Labute approximate surface area is 149 Å². The molecule has 2 aromatic carbocycles. The zero-order valence-electron chi connectivity index (χ0n) is 14.5. The molecule has 0 fully saturated rings. The van der Waals surface area contributed by atoms with Crippen LogP contribution in [-0.2, 0) is 11.2 Å². The van der Waals surface area contributed by atoms with Crippen LogP contribution in [0.4, 0.5) is 0 Å². The number of carboxylic acid groups (broad SMARTS) is 1. The minimum absolute atomic E-state index is 0.126. The Morgan fingerprint density at radius 3 is 2.60 bits per heavy atom. The van der Waals surface area contributed by atoms with Crippen LogP contribution in [0.5, 0.6) is 5.75 Å². The predicted molar refractivity (Wildman–Crippen MR) is 101 cm³/mol. The van der Waals surface area contributed by atoms with Crippen LogP contribution < -0.4 is 10.1 Å². The Balaban J connectivity index is 1.92. The summed E-state index contributed by atoms with van der Waals surface area (Å²) in [7, 11) is 1.66. The summed E-state index contributed by atoms with van der Waals surface area (Å²) in [6, 6.07) is 18.1. The fraction of sp³-hybridized carbons (Fsp3) is 0.286. The van der Waals surface area contributed by atoms with Gasteiger partial charge in [0.15, 0.2) is 0 Å². The van der Waals surface area contributed by atoms with Crippen molar-refractivity contribution in [2.45, 2.75) is 25.3 Å². The quantitative estimate of drug-likeness (QED) is 0.692. The lowest BCUT2D eigenvalue weighted by atomic mass is 10.0. The highest BCUT2D eigenvalue weighted by molar-refractivity contribution is 5.66. The molecule has 0 heterocycles. The zero-order chi connectivity index (χ0) is 17.9. The van der Waals surface area contributed by atoms with Gasteiger partial charge < -0.3 is 15.2 Å². The second-order valence-corrected chi connectivity index (χ2v) is 5.87. The van der Waals surface area contributed by atoms with Gasteiger partial charge in [0.25, 0.3) is 0 Å². The molecule has 25 heavy (non-hydrogen) atoms. The molecule has 0 aromatic heterocycles.